The van der Waals surface area contributed by atoms with Crippen molar-refractivity contribution in [3.63, 3.8) is 0 Å². The number of piperidine rings is 1. The van der Waals surface area contributed by atoms with Gasteiger partial charge in [0, 0.05) is 17.1 Å². The highest BCUT2D eigenvalue weighted by molar-refractivity contribution is 6.30. The van der Waals surface area contributed by atoms with Gasteiger partial charge in [-0.05, 0) is 70.8 Å². The summed E-state index contributed by atoms with van der Waals surface area (Å²) in [5.41, 5.74) is 5.89. The highest BCUT2D eigenvalue weighted by atomic mass is 35.5. The lowest BCUT2D eigenvalue weighted by Gasteiger charge is -2.38. The van der Waals surface area contributed by atoms with Crippen LogP contribution in [0.4, 0.5) is 0 Å². The third-order valence-corrected chi connectivity index (χ3v) is 6.67. The van der Waals surface area contributed by atoms with Crippen LogP contribution in [0.25, 0.3) is 11.1 Å². The molecule has 1 saturated heterocycles. The van der Waals surface area contributed by atoms with Crippen LogP contribution in [0, 0.1) is 5.92 Å². The Morgan fingerprint density at radius 1 is 0.929 bits per heavy atom. The molecule has 0 saturated carbocycles. The standard InChI is InChI=1S/C25H22ClNO/c1-16-21-13-14-27(25(28)18-7-10-20(26)11-8-18)24(16)23-15-19(9-12-22(21)23)17-5-3-2-4-6-17/h2-12,15-16,21,24H,13-14H2,1H3/t16-,21?,24?/m0/s1. The van der Waals surface area contributed by atoms with Crippen molar-refractivity contribution in [2.45, 2.75) is 25.3 Å². The van der Waals surface area contributed by atoms with Gasteiger partial charge in [-0.2, -0.15) is 0 Å². The lowest BCUT2D eigenvalue weighted by Crippen LogP contribution is -2.41. The van der Waals surface area contributed by atoms with Crippen LogP contribution in [-0.2, 0) is 0 Å². The maximum Gasteiger partial charge on any atom is 0.254 e. The fraction of sp³-hybridized carbons (Fsp3) is 0.240. The number of likely N-dealkylation sites (tertiary alicyclic amines) is 1. The second-order valence-corrected chi connectivity index (χ2v) is 8.35. The first-order valence-electron chi connectivity index (χ1n) is 9.89. The van der Waals surface area contributed by atoms with Gasteiger partial charge in [0.05, 0.1) is 6.04 Å². The van der Waals surface area contributed by atoms with Crippen molar-refractivity contribution in [2.24, 2.45) is 5.92 Å². The van der Waals surface area contributed by atoms with Crippen LogP contribution in [0.3, 0.4) is 0 Å². The van der Waals surface area contributed by atoms with E-state index in [4.69, 9.17) is 11.6 Å². The minimum absolute atomic E-state index is 0.102. The minimum atomic E-state index is 0.102. The van der Waals surface area contributed by atoms with Gasteiger partial charge >= 0.3 is 0 Å². The van der Waals surface area contributed by atoms with E-state index in [0.29, 0.717) is 22.4 Å². The molecule has 140 valence electrons. The summed E-state index contributed by atoms with van der Waals surface area (Å²) in [5.74, 6) is 1.08. The average molecular weight is 388 g/mol. The summed E-state index contributed by atoms with van der Waals surface area (Å²) in [6, 6.07) is 24.7. The van der Waals surface area contributed by atoms with Crippen molar-refractivity contribution in [3.05, 3.63) is 94.5 Å². The number of rotatable bonds is 2. The van der Waals surface area contributed by atoms with Crippen molar-refractivity contribution in [3.8, 4) is 11.1 Å². The van der Waals surface area contributed by atoms with E-state index < -0.39 is 0 Å². The van der Waals surface area contributed by atoms with Gasteiger partial charge in [0.15, 0.2) is 0 Å². The van der Waals surface area contributed by atoms with Gasteiger partial charge in [-0.1, -0.05) is 61.0 Å². The number of carbonyl (C=O) groups excluding carboxylic acids is 1. The van der Waals surface area contributed by atoms with Crippen LogP contribution in [0.1, 0.15) is 46.8 Å². The summed E-state index contributed by atoms with van der Waals surface area (Å²) in [4.78, 5) is 15.4. The molecule has 1 heterocycles. The second-order valence-electron chi connectivity index (χ2n) is 7.91. The summed E-state index contributed by atoms with van der Waals surface area (Å²) in [5, 5.41) is 0.655. The smallest absolute Gasteiger partial charge is 0.254 e. The lowest BCUT2D eigenvalue weighted by atomic mass is 9.85. The van der Waals surface area contributed by atoms with Crippen LogP contribution >= 0.6 is 11.6 Å². The Hall–Kier alpha value is -2.58. The predicted octanol–water partition coefficient (Wildman–Crippen LogP) is 6.33. The molecule has 3 aromatic carbocycles. The van der Waals surface area contributed by atoms with E-state index in [9.17, 15) is 4.79 Å². The molecule has 2 unspecified atom stereocenters. The molecule has 3 atom stereocenters. The molecule has 3 aromatic rings. The molecule has 1 aliphatic carbocycles. The molecule has 0 N–H and O–H groups in total. The SMILES string of the molecule is C[C@H]1C2CCN(C(=O)c3ccc(Cl)cc3)C1c1cc(-c3ccccc3)ccc12. The van der Waals surface area contributed by atoms with Crippen LogP contribution in [0.5, 0.6) is 0 Å². The number of hydrogen-bond donors (Lipinski definition) is 0. The number of hydrogen-bond acceptors (Lipinski definition) is 1. The zero-order valence-electron chi connectivity index (χ0n) is 15.8. The summed E-state index contributed by atoms with van der Waals surface area (Å²) < 4.78 is 0. The molecule has 0 aromatic heterocycles. The number of carbonyl (C=O) groups is 1. The molecule has 5 rings (SSSR count). The lowest BCUT2D eigenvalue weighted by molar-refractivity contribution is 0.0524. The molecule has 1 amide bonds. The number of benzene rings is 3. The summed E-state index contributed by atoms with van der Waals surface area (Å²) in [6.45, 7) is 3.09. The van der Waals surface area contributed by atoms with Crippen LogP contribution in [0.15, 0.2) is 72.8 Å². The predicted molar refractivity (Wildman–Crippen MR) is 114 cm³/mol. The number of nitrogens with zero attached hydrogens (tertiary/aromatic N) is 1. The molecule has 2 aliphatic rings. The van der Waals surface area contributed by atoms with Crippen molar-refractivity contribution < 1.29 is 4.79 Å². The van der Waals surface area contributed by atoms with E-state index in [1.54, 1.807) is 12.1 Å². The first-order valence-corrected chi connectivity index (χ1v) is 10.3. The van der Waals surface area contributed by atoms with Crippen molar-refractivity contribution in [1.82, 2.24) is 4.90 Å². The normalized spacial score (nSPS) is 22.8. The fourth-order valence-electron chi connectivity index (χ4n) is 5.04. The Balaban J connectivity index is 1.55. The summed E-state index contributed by atoms with van der Waals surface area (Å²) in [6.07, 6.45) is 1.02. The molecule has 28 heavy (non-hydrogen) atoms. The first-order chi connectivity index (χ1) is 13.6. The Labute approximate surface area is 170 Å². The Morgan fingerprint density at radius 3 is 2.43 bits per heavy atom. The van der Waals surface area contributed by atoms with Crippen LogP contribution in [-0.4, -0.2) is 17.4 Å². The molecule has 3 heteroatoms. The second kappa shape index (κ2) is 6.79. The highest BCUT2D eigenvalue weighted by Gasteiger charge is 2.46. The van der Waals surface area contributed by atoms with Crippen molar-refractivity contribution in [1.29, 1.82) is 0 Å². The zero-order chi connectivity index (χ0) is 19.3. The Bertz CT molecular complexity index is 1030. The van der Waals surface area contributed by atoms with Crippen molar-refractivity contribution in [2.75, 3.05) is 6.54 Å². The number of halogens is 1. The molecule has 1 fully saturated rings. The largest absolute Gasteiger partial charge is 0.331 e. The molecule has 0 radical (unpaired) electrons. The topological polar surface area (TPSA) is 20.3 Å². The first kappa shape index (κ1) is 17.5. The van der Waals surface area contributed by atoms with E-state index in [-0.39, 0.29) is 11.9 Å². The van der Waals surface area contributed by atoms with Gasteiger partial charge < -0.3 is 4.90 Å². The molecular formula is C25H22ClNO. The van der Waals surface area contributed by atoms with Crippen LogP contribution < -0.4 is 0 Å². The van der Waals surface area contributed by atoms with Gasteiger partial charge in [0.1, 0.15) is 0 Å². The van der Waals surface area contributed by atoms with Crippen LogP contribution in [0.2, 0.25) is 5.02 Å². The fourth-order valence-corrected chi connectivity index (χ4v) is 5.16. The summed E-state index contributed by atoms with van der Waals surface area (Å²) >= 11 is 6.01. The minimum Gasteiger partial charge on any atom is -0.331 e. The van der Waals surface area contributed by atoms with Gasteiger partial charge in [0.2, 0.25) is 0 Å². The molecule has 2 nitrogen and oxygen atoms in total. The van der Waals surface area contributed by atoms with Gasteiger partial charge in [-0.15, -0.1) is 0 Å². The van der Waals surface area contributed by atoms with Gasteiger partial charge in [-0.3, -0.25) is 4.79 Å². The summed E-state index contributed by atoms with van der Waals surface area (Å²) in [7, 11) is 0. The van der Waals surface area contributed by atoms with Gasteiger partial charge in [0.25, 0.3) is 5.91 Å². The molecule has 2 bridgehead atoms. The molecule has 0 spiro atoms. The van der Waals surface area contributed by atoms with E-state index >= 15 is 0 Å². The average Bonchev–Trinajstić information content (AvgIpc) is 2.90. The molecular weight excluding hydrogens is 366 g/mol. The van der Waals surface area contributed by atoms with E-state index in [0.717, 1.165) is 13.0 Å². The third kappa shape index (κ3) is 2.75. The van der Waals surface area contributed by atoms with E-state index in [1.807, 2.05) is 18.2 Å². The monoisotopic (exact) mass is 387 g/mol. The quantitative estimate of drug-likeness (QED) is 0.503. The maximum atomic E-state index is 13.3. The zero-order valence-corrected chi connectivity index (χ0v) is 16.6. The number of fused-ring (bicyclic) bond motifs is 5. The van der Waals surface area contributed by atoms with Gasteiger partial charge in [-0.25, -0.2) is 0 Å². The Kier molecular flexibility index (Phi) is 4.25. The molecule has 1 aliphatic heterocycles. The van der Waals surface area contributed by atoms with Crippen molar-refractivity contribution >= 4 is 17.5 Å². The maximum absolute atomic E-state index is 13.3. The number of amides is 1. The Morgan fingerprint density at radius 2 is 1.68 bits per heavy atom. The highest BCUT2D eigenvalue weighted by Crippen LogP contribution is 2.53. The third-order valence-electron chi connectivity index (χ3n) is 6.41. The van der Waals surface area contributed by atoms with E-state index in [1.165, 1.54) is 22.3 Å². The van der Waals surface area contributed by atoms with E-state index in [2.05, 4.69) is 54.3 Å².